The monoisotopic (exact) mass is 677 g/mol. The lowest BCUT2D eigenvalue weighted by Gasteiger charge is -2.14. The molecule has 0 aliphatic rings. The van der Waals surface area contributed by atoms with Gasteiger partial charge in [-0.1, -0.05) is 12.1 Å². The molecule has 0 unspecified atom stereocenters. The molecule has 4 aromatic carbocycles. The van der Waals surface area contributed by atoms with Crippen molar-refractivity contribution in [3.05, 3.63) is 103 Å². The second-order valence-corrected chi connectivity index (χ2v) is 13.0. The predicted molar refractivity (Wildman–Crippen MR) is 184 cm³/mol. The number of hydrogen-bond acceptors (Lipinski definition) is 9. The first-order valence-corrected chi connectivity index (χ1v) is 16.8. The van der Waals surface area contributed by atoms with Crippen molar-refractivity contribution in [1.29, 1.82) is 0 Å². The summed E-state index contributed by atoms with van der Waals surface area (Å²) in [4.78, 5) is 26.2. The number of methoxy groups -OCH3 is 1. The van der Waals surface area contributed by atoms with Crippen molar-refractivity contribution in [1.82, 2.24) is 20.3 Å². The number of oxazole rings is 1. The Morgan fingerprint density at radius 3 is 2.31 bits per heavy atom. The maximum absolute atomic E-state index is 13.8. The van der Waals surface area contributed by atoms with E-state index >= 15 is 0 Å². The lowest BCUT2D eigenvalue weighted by molar-refractivity contribution is 0.0964. The highest BCUT2D eigenvalue weighted by atomic mass is 32.2. The topological polar surface area (TPSA) is 149 Å². The molecule has 13 heteroatoms. The Bertz CT molecular complexity index is 2480. The van der Waals surface area contributed by atoms with E-state index in [0.717, 1.165) is 11.1 Å². The highest BCUT2D eigenvalue weighted by molar-refractivity contribution is 7.92. The molecule has 1 amide bonds. The maximum Gasteiger partial charge on any atom is 0.255 e. The molecule has 7 rings (SSSR count). The Labute approximate surface area is 279 Å². The van der Waals surface area contributed by atoms with Gasteiger partial charge >= 0.3 is 0 Å². The van der Waals surface area contributed by atoms with Crippen LogP contribution in [0.25, 0.3) is 67.1 Å². The van der Waals surface area contributed by atoms with Gasteiger partial charge in [0, 0.05) is 47.6 Å². The quantitative estimate of drug-likeness (QED) is 0.160. The third-order valence-electron chi connectivity index (χ3n) is 8.06. The Hall–Kier alpha value is -6.08. The standard InChI is InChI=1S/C36H28FN5O6S/c1-4-49(44,45)42-29-16-31-26(33(35(43)38-2)34(47-31)20-5-9-24(37)10-6-20)15-25(29)22-8-12-30(46-3)27(13-22)36-41-28-11-7-21(14-32(28)48-36)23-17-39-19-40-18-23/h5-19,42H,4H2,1-3H3,(H,38,43). The number of ether oxygens (including phenoxy) is 1. The van der Waals surface area contributed by atoms with Crippen molar-refractivity contribution in [2.24, 2.45) is 0 Å². The first kappa shape index (κ1) is 31.5. The zero-order chi connectivity index (χ0) is 34.3. The number of aromatic nitrogens is 3. The highest BCUT2D eigenvalue weighted by Gasteiger charge is 2.25. The number of benzene rings is 4. The molecule has 0 spiro atoms. The maximum atomic E-state index is 13.8. The van der Waals surface area contributed by atoms with Gasteiger partial charge in [0.25, 0.3) is 5.91 Å². The fraction of sp³-hybridized carbons (Fsp3) is 0.111. The second kappa shape index (κ2) is 12.5. The Morgan fingerprint density at radius 2 is 1.59 bits per heavy atom. The summed E-state index contributed by atoms with van der Waals surface area (Å²) in [5, 5.41) is 3.07. The van der Waals surface area contributed by atoms with E-state index < -0.39 is 21.7 Å². The van der Waals surface area contributed by atoms with Gasteiger partial charge in [0.2, 0.25) is 15.9 Å². The molecule has 7 aromatic rings. The van der Waals surface area contributed by atoms with Gasteiger partial charge in [-0.15, -0.1) is 0 Å². The molecule has 3 heterocycles. The summed E-state index contributed by atoms with van der Waals surface area (Å²) in [6.45, 7) is 1.53. The first-order chi connectivity index (χ1) is 23.7. The van der Waals surface area contributed by atoms with E-state index in [0.29, 0.717) is 44.5 Å². The zero-order valence-corrected chi connectivity index (χ0v) is 27.3. The number of furan rings is 1. The fourth-order valence-corrected chi connectivity index (χ4v) is 6.22. The molecule has 3 aromatic heterocycles. The van der Waals surface area contributed by atoms with Crippen molar-refractivity contribution in [2.75, 3.05) is 24.6 Å². The van der Waals surface area contributed by atoms with Crippen LogP contribution in [0, 0.1) is 5.82 Å². The largest absolute Gasteiger partial charge is 0.496 e. The van der Waals surface area contributed by atoms with Crippen LogP contribution in [0.3, 0.4) is 0 Å². The van der Waals surface area contributed by atoms with Gasteiger partial charge < -0.3 is 18.9 Å². The number of amides is 1. The van der Waals surface area contributed by atoms with E-state index in [4.69, 9.17) is 18.6 Å². The summed E-state index contributed by atoms with van der Waals surface area (Å²) in [7, 11) is -0.729. The minimum absolute atomic E-state index is 0.180. The third kappa shape index (κ3) is 5.95. The summed E-state index contributed by atoms with van der Waals surface area (Å²) >= 11 is 0. The number of carbonyl (C=O) groups is 1. The molecule has 0 bridgehead atoms. The van der Waals surface area contributed by atoms with Crippen LogP contribution in [0.15, 0.2) is 100 Å². The number of hydrogen-bond donors (Lipinski definition) is 2. The van der Waals surface area contributed by atoms with Crippen molar-refractivity contribution in [2.45, 2.75) is 6.92 Å². The van der Waals surface area contributed by atoms with E-state index in [9.17, 15) is 17.6 Å². The van der Waals surface area contributed by atoms with Gasteiger partial charge in [0.15, 0.2) is 5.58 Å². The second-order valence-electron chi connectivity index (χ2n) is 11.0. The van der Waals surface area contributed by atoms with Gasteiger partial charge in [-0.05, 0) is 72.6 Å². The van der Waals surface area contributed by atoms with Crippen LogP contribution < -0.4 is 14.8 Å². The van der Waals surface area contributed by atoms with Crippen molar-refractivity contribution < 1.29 is 31.2 Å². The molecule has 2 N–H and O–H groups in total. The van der Waals surface area contributed by atoms with E-state index in [1.54, 1.807) is 36.7 Å². The SMILES string of the molecule is CCS(=O)(=O)Nc1cc2oc(-c3ccc(F)cc3)c(C(=O)NC)c2cc1-c1ccc(OC)c(-c2nc3ccc(-c4cncnc4)cc3o2)c1. The zero-order valence-electron chi connectivity index (χ0n) is 26.4. The Morgan fingerprint density at radius 1 is 0.857 bits per heavy atom. The molecule has 49 heavy (non-hydrogen) atoms. The van der Waals surface area contributed by atoms with Gasteiger partial charge in [-0.25, -0.2) is 27.8 Å². The fourth-order valence-electron chi connectivity index (χ4n) is 5.57. The molecule has 0 fully saturated rings. The van der Waals surface area contributed by atoms with E-state index in [1.807, 2.05) is 18.2 Å². The number of carbonyl (C=O) groups excluding carboxylic acids is 1. The Balaban J connectivity index is 1.42. The molecule has 0 saturated heterocycles. The molecule has 11 nitrogen and oxygen atoms in total. The Kier molecular flexibility index (Phi) is 8.04. The summed E-state index contributed by atoms with van der Waals surface area (Å²) < 4.78 is 60.3. The first-order valence-electron chi connectivity index (χ1n) is 15.1. The van der Waals surface area contributed by atoms with Crippen LogP contribution in [0.2, 0.25) is 0 Å². The van der Waals surface area contributed by atoms with Gasteiger partial charge in [0.05, 0.1) is 29.7 Å². The molecule has 0 atom stereocenters. The molecule has 0 aliphatic heterocycles. The highest BCUT2D eigenvalue weighted by Crippen LogP contribution is 2.42. The average molecular weight is 678 g/mol. The smallest absolute Gasteiger partial charge is 0.255 e. The van der Waals surface area contributed by atoms with Crippen molar-refractivity contribution in [3.63, 3.8) is 0 Å². The van der Waals surface area contributed by atoms with Crippen LogP contribution in [-0.2, 0) is 10.0 Å². The number of nitrogens with zero attached hydrogens (tertiary/aromatic N) is 3. The van der Waals surface area contributed by atoms with Gasteiger partial charge in [-0.3, -0.25) is 9.52 Å². The van der Waals surface area contributed by atoms with Crippen LogP contribution >= 0.6 is 0 Å². The number of rotatable bonds is 9. The number of halogens is 1. The van der Waals surface area contributed by atoms with Crippen LogP contribution in [0.1, 0.15) is 17.3 Å². The van der Waals surface area contributed by atoms with Gasteiger partial charge in [0.1, 0.15) is 34.8 Å². The summed E-state index contributed by atoms with van der Waals surface area (Å²) in [5.41, 5.74) is 5.50. The minimum atomic E-state index is -3.75. The molecule has 0 aliphatic carbocycles. The van der Waals surface area contributed by atoms with Crippen LogP contribution in [-0.4, -0.2) is 49.2 Å². The number of fused-ring (bicyclic) bond motifs is 2. The number of sulfonamides is 1. The van der Waals surface area contributed by atoms with Crippen molar-refractivity contribution >= 4 is 43.7 Å². The molecular formula is C36H28FN5O6S. The molecular weight excluding hydrogens is 649 g/mol. The predicted octanol–water partition coefficient (Wildman–Crippen LogP) is 7.30. The summed E-state index contributed by atoms with van der Waals surface area (Å²) in [6, 6.07) is 19.6. The summed E-state index contributed by atoms with van der Waals surface area (Å²) in [5.74, 6) is -0.105. The molecule has 0 radical (unpaired) electrons. The van der Waals surface area contributed by atoms with E-state index in [1.165, 1.54) is 57.7 Å². The third-order valence-corrected chi connectivity index (χ3v) is 9.35. The summed E-state index contributed by atoms with van der Waals surface area (Å²) in [6.07, 6.45) is 4.87. The van der Waals surface area contributed by atoms with Crippen LogP contribution in [0.5, 0.6) is 5.75 Å². The van der Waals surface area contributed by atoms with E-state index in [-0.39, 0.29) is 34.2 Å². The van der Waals surface area contributed by atoms with Gasteiger partial charge in [-0.2, -0.15) is 0 Å². The number of anilines is 1. The lowest BCUT2D eigenvalue weighted by Crippen LogP contribution is -2.18. The van der Waals surface area contributed by atoms with Crippen LogP contribution in [0.4, 0.5) is 10.1 Å². The lowest BCUT2D eigenvalue weighted by atomic mass is 9.97. The normalized spacial score (nSPS) is 11.6. The minimum Gasteiger partial charge on any atom is -0.496 e. The molecule has 246 valence electrons. The molecule has 0 saturated carbocycles. The average Bonchev–Trinajstić information content (AvgIpc) is 3.72. The van der Waals surface area contributed by atoms with Crippen molar-refractivity contribution in [3.8, 4) is 50.8 Å². The van der Waals surface area contributed by atoms with E-state index in [2.05, 4.69) is 20.0 Å². The number of nitrogens with one attached hydrogen (secondary N) is 2.